The molecule has 2 saturated heterocycles. The lowest BCUT2D eigenvalue weighted by atomic mass is 10.0. The number of aromatic nitrogens is 1. The fraction of sp³-hybridized carbons (Fsp3) is 0.393. The molecule has 0 atom stereocenters. The van der Waals surface area contributed by atoms with E-state index in [1.807, 2.05) is 24.3 Å². The van der Waals surface area contributed by atoms with Gasteiger partial charge < -0.3 is 14.9 Å². The van der Waals surface area contributed by atoms with E-state index in [0.717, 1.165) is 18.8 Å². The van der Waals surface area contributed by atoms with Gasteiger partial charge in [-0.2, -0.15) is 5.26 Å². The van der Waals surface area contributed by atoms with Crippen LogP contribution in [0.5, 0.6) is 0 Å². The monoisotopic (exact) mass is 565 g/mol. The molecule has 0 saturated carbocycles. The molecule has 1 aromatic heterocycles. The van der Waals surface area contributed by atoms with Gasteiger partial charge in [0.2, 0.25) is 0 Å². The largest absolute Gasteiger partial charge is 0.481 e. The maximum atomic E-state index is 13.3. The van der Waals surface area contributed by atoms with E-state index in [4.69, 9.17) is 17.3 Å². The molecule has 0 aliphatic carbocycles. The van der Waals surface area contributed by atoms with Crippen molar-refractivity contribution in [2.45, 2.75) is 32.6 Å². The van der Waals surface area contributed by atoms with Crippen molar-refractivity contribution in [2.24, 2.45) is 7.05 Å². The fourth-order valence-corrected chi connectivity index (χ4v) is 6.25. The van der Waals surface area contributed by atoms with Crippen molar-refractivity contribution >= 4 is 57.8 Å². The van der Waals surface area contributed by atoms with Crippen LogP contribution in [0.3, 0.4) is 0 Å². The minimum Gasteiger partial charge on any atom is -0.481 e. The number of carbonyl (C=O) groups is 2. The van der Waals surface area contributed by atoms with E-state index in [1.54, 1.807) is 24.9 Å². The number of rotatable bonds is 9. The molecule has 2 aliphatic rings. The number of amides is 1. The second kappa shape index (κ2) is 12.5. The lowest BCUT2D eigenvalue weighted by molar-refractivity contribution is -0.137. The second-order valence-corrected chi connectivity index (χ2v) is 11.2. The van der Waals surface area contributed by atoms with Crippen molar-refractivity contribution in [1.29, 1.82) is 5.26 Å². The highest BCUT2D eigenvalue weighted by Crippen LogP contribution is 2.36. The van der Waals surface area contributed by atoms with Crippen molar-refractivity contribution in [3.8, 4) is 6.07 Å². The van der Waals surface area contributed by atoms with E-state index in [9.17, 15) is 19.6 Å². The number of carboxylic acids is 1. The van der Waals surface area contributed by atoms with Gasteiger partial charge in [0.15, 0.2) is 0 Å². The number of aliphatic carboxylic acids is 1. The van der Waals surface area contributed by atoms with Crippen LogP contribution in [0.2, 0.25) is 0 Å². The highest BCUT2D eigenvalue weighted by Gasteiger charge is 2.33. The van der Waals surface area contributed by atoms with Gasteiger partial charge >= 0.3 is 5.97 Å². The first-order valence-corrected chi connectivity index (χ1v) is 14.1. The van der Waals surface area contributed by atoms with Gasteiger partial charge in [-0.05, 0) is 43.5 Å². The van der Waals surface area contributed by atoms with Gasteiger partial charge in [0.1, 0.15) is 21.8 Å². The quantitative estimate of drug-likeness (QED) is 0.276. The molecule has 0 radical (unpaired) electrons. The Bertz CT molecular complexity index is 1410. The molecule has 11 heteroatoms. The van der Waals surface area contributed by atoms with E-state index in [-0.39, 0.29) is 23.5 Å². The highest BCUT2D eigenvalue weighted by molar-refractivity contribution is 8.26. The first-order chi connectivity index (χ1) is 18.7. The second-order valence-electron chi connectivity index (χ2n) is 9.56. The van der Waals surface area contributed by atoms with Crippen LogP contribution in [-0.2, 0) is 16.6 Å². The number of nitriles is 1. The number of unbranched alkanes of at least 4 members (excludes halogenated alkanes) is 2. The van der Waals surface area contributed by atoms with E-state index >= 15 is 0 Å². The Labute approximate surface area is 237 Å². The standard InChI is InChI=1S/C28H31N5O4S2/c1-19-21(17-23-27(37)33(28(38)39-23)12-8-4-7-11-24(34)35)25(30(2)26(36)22(19)18-29)32-15-13-31(14-16-32)20-9-5-3-6-10-20/h3,5-6,9-10,17H,4,7-8,11-16H2,1-2H3,(H,34,35)/b23-17-. The number of pyridine rings is 1. The van der Waals surface area contributed by atoms with Gasteiger partial charge in [0.25, 0.3) is 11.5 Å². The molecule has 0 spiro atoms. The lowest BCUT2D eigenvalue weighted by Gasteiger charge is -2.38. The van der Waals surface area contributed by atoms with Crippen molar-refractivity contribution in [3.05, 3.63) is 62.3 Å². The number of thiocarbonyl (C=S) groups is 1. The van der Waals surface area contributed by atoms with E-state index in [1.165, 1.54) is 16.3 Å². The van der Waals surface area contributed by atoms with E-state index in [2.05, 4.69) is 21.9 Å². The predicted octanol–water partition coefficient (Wildman–Crippen LogP) is 3.74. The number of benzene rings is 1. The third-order valence-corrected chi connectivity index (χ3v) is 8.47. The summed E-state index contributed by atoms with van der Waals surface area (Å²) in [5.41, 5.74) is 2.06. The van der Waals surface area contributed by atoms with Crippen LogP contribution in [0.15, 0.2) is 40.0 Å². The Kier molecular flexibility index (Phi) is 9.09. The number of anilines is 2. The molecule has 1 N–H and O–H groups in total. The number of hydrogen-bond acceptors (Lipinski definition) is 8. The summed E-state index contributed by atoms with van der Waals surface area (Å²) in [5.74, 6) is -0.358. The molecule has 1 amide bonds. The molecule has 204 valence electrons. The van der Waals surface area contributed by atoms with Crippen molar-refractivity contribution in [1.82, 2.24) is 9.47 Å². The summed E-state index contributed by atoms with van der Waals surface area (Å²) in [7, 11) is 1.67. The number of nitrogens with zero attached hydrogens (tertiary/aromatic N) is 5. The molecular weight excluding hydrogens is 534 g/mol. The van der Waals surface area contributed by atoms with Crippen LogP contribution in [0.1, 0.15) is 42.4 Å². The van der Waals surface area contributed by atoms with E-state index < -0.39 is 5.97 Å². The molecule has 0 bridgehead atoms. The maximum absolute atomic E-state index is 13.3. The first-order valence-electron chi connectivity index (χ1n) is 12.9. The number of hydrogen-bond donors (Lipinski definition) is 1. The van der Waals surface area contributed by atoms with Gasteiger partial charge in [-0.25, -0.2) is 0 Å². The van der Waals surface area contributed by atoms with Gasteiger partial charge in [0.05, 0.1) is 4.91 Å². The number of carbonyl (C=O) groups excluding carboxylic acids is 1. The van der Waals surface area contributed by atoms with Crippen LogP contribution in [0, 0.1) is 18.3 Å². The molecule has 4 rings (SSSR count). The lowest BCUT2D eigenvalue weighted by Crippen LogP contribution is -2.48. The average Bonchev–Trinajstić information content (AvgIpc) is 3.20. The number of para-hydroxylation sites is 1. The van der Waals surface area contributed by atoms with Gasteiger partial charge in [0, 0.05) is 57.4 Å². The molecule has 0 unspecified atom stereocenters. The van der Waals surface area contributed by atoms with Crippen LogP contribution >= 0.6 is 24.0 Å². The zero-order valence-electron chi connectivity index (χ0n) is 22.1. The summed E-state index contributed by atoms with van der Waals surface area (Å²) in [4.78, 5) is 43.6. The molecule has 2 aliphatic heterocycles. The van der Waals surface area contributed by atoms with Crippen molar-refractivity contribution < 1.29 is 14.7 Å². The topological polar surface area (TPSA) is 110 Å². The summed E-state index contributed by atoms with van der Waals surface area (Å²) >= 11 is 6.69. The highest BCUT2D eigenvalue weighted by atomic mass is 32.2. The summed E-state index contributed by atoms with van der Waals surface area (Å²) < 4.78 is 1.96. The summed E-state index contributed by atoms with van der Waals surface area (Å²) in [6.07, 6.45) is 3.76. The molecule has 2 aromatic rings. The maximum Gasteiger partial charge on any atom is 0.303 e. The normalized spacial score (nSPS) is 16.7. The third-order valence-electron chi connectivity index (χ3n) is 7.09. The summed E-state index contributed by atoms with van der Waals surface area (Å²) in [6.45, 7) is 5.04. The van der Waals surface area contributed by atoms with Crippen LogP contribution < -0.4 is 15.4 Å². The fourth-order valence-electron chi connectivity index (χ4n) is 4.96. The summed E-state index contributed by atoms with van der Waals surface area (Å²) in [5, 5.41) is 18.6. The van der Waals surface area contributed by atoms with Gasteiger partial charge in [-0.1, -0.05) is 48.6 Å². The van der Waals surface area contributed by atoms with Crippen LogP contribution in [0.4, 0.5) is 11.5 Å². The predicted molar refractivity (Wildman–Crippen MR) is 158 cm³/mol. The first kappa shape index (κ1) is 28.4. The average molecular weight is 566 g/mol. The Morgan fingerprint density at radius 1 is 1.10 bits per heavy atom. The van der Waals surface area contributed by atoms with Crippen LogP contribution in [0.25, 0.3) is 6.08 Å². The zero-order chi connectivity index (χ0) is 28.1. The molecule has 39 heavy (non-hydrogen) atoms. The Balaban J connectivity index is 1.60. The zero-order valence-corrected chi connectivity index (χ0v) is 23.7. The van der Waals surface area contributed by atoms with Crippen molar-refractivity contribution in [2.75, 3.05) is 42.5 Å². The number of carboxylic acid groups (broad SMARTS) is 1. The van der Waals surface area contributed by atoms with Crippen LogP contribution in [-0.4, -0.2) is 63.5 Å². The molecular formula is C28H31N5O4S2. The molecule has 3 heterocycles. The Morgan fingerprint density at radius 3 is 2.41 bits per heavy atom. The van der Waals surface area contributed by atoms with Gasteiger partial charge in [-0.15, -0.1) is 0 Å². The Hall–Kier alpha value is -3.62. The Morgan fingerprint density at radius 2 is 1.77 bits per heavy atom. The smallest absolute Gasteiger partial charge is 0.303 e. The molecule has 9 nitrogen and oxygen atoms in total. The minimum absolute atomic E-state index is 0.0596. The number of thioether (sulfide) groups is 1. The minimum atomic E-state index is -0.829. The van der Waals surface area contributed by atoms with Crippen molar-refractivity contribution in [3.63, 3.8) is 0 Å². The molecule has 1 aromatic carbocycles. The van der Waals surface area contributed by atoms with E-state index in [0.29, 0.717) is 65.1 Å². The summed E-state index contributed by atoms with van der Waals surface area (Å²) in [6, 6.07) is 12.2. The SMILES string of the molecule is Cc1c(/C=C2\SC(=S)N(CCCCCC(=O)O)C2=O)c(N2CCN(c3ccccc3)CC2)n(C)c(=O)c1C#N. The molecule has 2 fully saturated rings. The van der Waals surface area contributed by atoms with Gasteiger partial charge in [-0.3, -0.25) is 23.9 Å². The number of piperazine rings is 1. The third kappa shape index (κ3) is 6.18.